The smallest absolute Gasteiger partial charge is 0.326 e. The van der Waals surface area contributed by atoms with Crippen molar-refractivity contribution in [3.8, 4) is 0 Å². The quantitative estimate of drug-likeness (QED) is 0.616. The number of hydrogen-bond acceptors (Lipinski definition) is 3. The monoisotopic (exact) mass is 410 g/mol. The minimum atomic E-state index is -1.23. The third-order valence-corrected chi connectivity index (χ3v) is 3.63. The molecule has 108 valence electrons. The molecule has 0 spiro atoms. The molecule has 20 heavy (non-hydrogen) atoms. The Kier molecular flexibility index (Phi) is 6.21. The number of nitrogens with two attached hydrogens (primary N) is 1. The molecule has 0 fully saturated rings. The Hall–Kier alpha value is -1.35. The summed E-state index contributed by atoms with van der Waals surface area (Å²) >= 11 is 7.75. The number of hydrogen-bond donors (Lipinski definition) is 3. The lowest BCUT2D eigenvalue weighted by molar-refractivity contribution is -0.139. The number of benzene rings is 1. The number of carbonyl (C=O) groups excluding carboxylic acids is 2. The van der Waals surface area contributed by atoms with Gasteiger partial charge in [0, 0.05) is 15.0 Å². The minimum absolute atomic E-state index is 0.0620. The van der Waals surface area contributed by atoms with Crippen molar-refractivity contribution in [2.75, 3.05) is 0 Å². The van der Waals surface area contributed by atoms with Crippen molar-refractivity contribution in [2.45, 2.75) is 18.9 Å². The van der Waals surface area contributed by atoms with E-state index in [1.54, 1.807) is 12.1 Å². The molecule has 2 amide bonds. The average Bonchev–Trinajstić information content (AvgIpc) is 2.36. The van der Waals surface area contributed by atoms with E-state index in [1.165, 1.54) is 6.07 Å². The van der Waals surface area contributed by atoms with Crippen LogP contribution in [0.4, 0.5) is 0 Å². The Labute approximate surface area is 133 Å². The molecule has 0 saturated heterocycles. The van der Waals surface area contributed by atoms with Crippen LogP contribution in [0.5, 0.6) is 0 Å². The van der Waals surface area contributed by atoms with Gasteiger partial charge in [0.1, 0.15) is 6.04 Å². The molecule has 1 aromatic rings. The van der Waals surface area contributed by atoms with Crippen molar-refractivity contribution < 1.29 is 19.5 Å². The minimum Gasteiger partial charge on any atom is -0.480 e. The Bertz CT molecular complexity index is 550. The maximum Gasteiger partial charge on any atom is 0.326 e. The fourth-order valence-corrected chi connectivity index (χ4v) is 2.20. The van der Waals surface area contributed by atoms with Crippen molar-refractivity contribution in [2.24, 2.45) is 5.73 Å². The van der Waals surface area contributed by atoms with Crippen molar-refractivity contribution in [3.63, 3.8) is 0 Å². The van der Waals surface area contributed by atoms with Crippen LogP contribution in [0.2, 0.25) is 5.02 Å². The lowest BCUT2D eigenvalue weighted by Crippen LogP contribution is -2.41. The van der Waals surface area contributed by atoms with Gasteiger partial charge in [-0.05, 0) is 47.2 Å². The zero-order valence-corrected chi connectivity index (χ0v) is 13.1. The third-order valence-electron chi connectivity index (χ3n) is 2.46. The summed E-state index contributed by atoms with van der Waals surface area (Å²) in [5.41, 5.74) is 5.24. The number of amides is 2. The van der Waals surface area contributed by atoms with Gasteiger partial charge in [0.2, 0.25) is 5.91 Å². The summed E-state index contributed by atoms with van der Waals surface area (Å²) in [7, 11) is 0. The Morgan fingerprint density at radius 3 is 2.60 bits per heavy atom. The number of primary amides is 1. The highest BCUT2D eigenvalue weighted by Crippen LogP contribution is 2.18. The van der Waals surface area contributed by atoms with Gasteiger partial charge in [-0.15, -0.1) is 0 Å². The topological polar surface area (TPSA) is 109 Å². The number of halogens is 2. The standard InChI is InChI=1S/C12H12ClIN2O4/c13-6-1-2-8(14)7(5-6)11(18)16-9(12(19)20)3-4-10(15)17/h1-2,5,9H,3-4H2,(H2,15,17)(H,16,18)(H,19,20)/t9-/m1/s1. The summed E-state index contributed by atoms with van der Waals surface area (Å²) in [4.78, 5) is 33.7. The van der Waals surface area contributed by atoms with E-state index in [1.807, 2.05) is 22.6 Å². The van der Waals surface area contributed by atoms with Crippen LogP contribution in [0, 0.1) is 3.57 Å². The molecular weight excluding hydrogens is 398 g/mol. The molecule has 8 heteroatoms. The van der Waals surface area contributed by atoms with Crippen molar-refractivity contribution in [1.82, 2.24) is 5.32 Å². The van der Waals surface area contributed by atoms with Crippen LogP contribution in [0.3, 0.4) is 0 Å². The van der Waals surface area contributed by atoms with Gasteiger partial charge in [-0.2, -0.15) is 0 Å². The van der Waals surface area contributed by atoms with Gasteiger partial charge in [0.25, 0.3) is 5.91 Å². The van der Waals surface area contributed by atoms with Gasteiger partial charge in [-0.3, -0.25) is 9.59 Å². The van der Waals surface area contributed by atoms with Crippen LogP contribution >= 0.6 is 34.2 Å². The third kappa shape index (κ3) is 4.97. The predicted octanol–water partition coefficient (Wildman–Crippen LogP) is 1.39. The molecular formula is C12H12ClIN2O4. The zero-order valence-electron chi connectivity index (χ0n) is 10.2. The first kappa shape index (κ1) is 16.7. The van der Waals surface area contributed by atoms with E-state index in [2.05, 4.69) is 5.32 Å². The van der Waals surface area contributed by atoms with Gasteiger partial charge in [-0.1, -0.05) is 11.6 Å². The highest BCUT2D eigenvalue weighted by Gasteiger charge is 2.22. The number of rotatable bonds is 6. The van der Waals surface area contributed by atoms with Gasteiger partial charge < -0.3 is 16.2 Å². The molecule has 0 aliphatic rings. The Morgan fingerprint density at radius 1 is 1.40 bits per heavy atom. The largest absolute Gasteiger partial charge is 0.480 e. The van der Waals surface area contributed by atoms with E-state index in [4.69, 9.17) is 22.4 Å². The number of carboxylic acid groups (broad SMARTS) is 1. The molecule has 0 saturated carbocycles. The molecule has 0 radical (unpaired) electrons. The molecule has 4 N–H and O–H groups in total. The zero-order chi connectivity index (χ0) is 15.3. The molecule has 1 rings (SSSR count). The lowest BCUT2D eigenvalue weighted by atomic mass is 10.1. The summed E-state index contributed by atoms with van der Waals surface area (Å²) in [5.74, 6) is -2.41. The number of nitrogens with one attached hydrogen (secondary N) is 1. The Balaban J connectivity index is 2.82. The van der Waals surface area contributed by atoms with Gasteiger partial charge in [0.05, 0.1) is 5.56 Å². The SMILES string of the molecule is NC(=O)CC[C@@H](NC(=O)c1cc(Cl)ccc1I)C(=O)O. The highest BCUT2D eigenvalue weighted by molar-refractivity contribution is 14.1. The molecule has 0 aliphatic carbocycles. The van der Waals surface area contributed by atoms with E-state index >= 15 is 0 Å². The molecule has 1 atom stereocenters. The fraction of sp³-hybridized carbons (Fsp3) is 0.250. The van der Waals surface area contributed by atoms with E-state index in [-0.39, 0.29) is 18.4 Å². The molecule has 6 nitrogen and oxygen atoms in total. The van der Waals surface area contributed by atoms with Crippen molar-refractivity contribution in [3.05, 3.63) is 32.4 Å². The molecule has 1 aromatic carbocycles. The van der Waals surface area contributed by atoms with Crippen LogP contribution in [-0.4, -0.2) is 28.9 Å². The van der Waals surface area contributed by atoms with Crippen LogP contribution in [0.25, 0.3) is 0 Å². The predicted molar refractivity (Wildman–Crippen MR) is 81.5 cm³/mol. The number of aliphatic carboxylic acids is 1. The summed E-state index contributed by atoms with van der Waals surface area (Å²) in [6, 6.07) is 3.55. The summed E-state index contributed by atoms with van der Waals surface area (Å²) in [6.45, 7) is 0. The van der Waals surface area contributed by atoms with Crippen LogP contribution in [0.15, 0.2) is 18.2 Å². The normalized spacial score (nSPS) is 11.7. The fourth-order valence-electron chi connectivity index (χ4n) is 1.45. The molecule has 0 bridgehead atoms. The van der Waals surface area contributed by atoms with E-state index in [0.29, 0.717) is 8.59 Å². The van der Waals surface area contributed by atoms with E-state index in [0.717, 1.165) is 0 Å². The Morgan fingerprint density at radius 2 is 2.05 bits per heavy atom. The molecule has 0 heterocycles. The molecule has 0 aliphatic heterocycles. The average molecular weight is 411 g/mol. The number of carboxylic acids is 1. The van der Waals surface area contributed by atoms with Crippen LogP contribution in [-0.2, 0) is 9.59 Å². The first-order valence-electron chi connectivity index (χ1n) is 5.58. The second-order valence-corrected chi connectivity index (χ2v) is 5.59. The van der Waals surface area contributed by atoms with E-state index in [9.17, 15) is 14.4 Å². The van der Waals surface area contributed by atoms with Gasteiger partial charge >= 0.3 is 5.97 Å². The number of carbonyl (C=O) groups is 3. The lowest BCUT2D eigenvalue weighted by Gasteiger charge is -2.14. The van der Waals surface area contributed by atoms with Gasteiger partial charge in [0.15, 0.2) is 0 Å². The van der Waals surface area contributed by atoms with Crippen molar-refractivity contribution >= 4 is 52.0 Å². The highest BCUT2D eigenvalue weighted by atomic mass is 127. The second kappa shape index (κ2) is 7.44. The second-order valence-electron chi connectivity index (χ2n) is 3.99. The summed E-state index contributed by atoms with van der Waals surface area (Å²) in [5, 5.41) is 11.7. The molecule has 0 aromatic heterocycles. The van der Waals surface area contributed by atoms with Crippen LogP contribution < -0.4 is 11.1 Å². The first-order chi connectivity index (χ1) is 9.31. The van der Waals surface area contributed by atoms with E-state index < -0.39 is 23.8 Å². The van der Waals surface area contributed by atoms with Crippen LogP contribution in [0.1, 0.15) is 23.2 Å². The maximum absolute atomic E-state index is 12.0. The summed E-state index contributed by atoms with van der Waals surface area (Å²) in [6.07, 6.45) is -0.183. The van der Waals surface area contributed by atoms with Gasteiger partial charge in [-0.25, -0.2) is 4.79 Å². The first-order valence-corrected chi connectivity index (χ1v) is 7.04. The van der Waals surface area contributed by atoms with Crippen molar-refractivity contribution in [1.29, 1.82) is 0 Å². The summed E-state index contributed by atoms with van der Waals surface area (Å²) < 4.78 is 0.642. The maximum atomic E-state index is 12.0. The molecule has 0 unspecified atom stereocenters.